The molecule has 2 aromatic heterocycles. The zero-order valence-corrected chi connectivity index (χ0v) is 17.6. The van der Waals surface area contributed by atoms with Gasteiger partial charge in [-0.3, -0.25) is 9.59 Å². The van der Waals surface area contributed by atoms with Gasteiger partial charge in [0, 0.05) is 27.4 Å². The first-order chi connectivity index (χ1) is 15.6. The third-order valence-electron chi connectivity index (χ3n) is 5.24. The van der Waals surface area contributed by atoms with Crippen molar-refractivity contribution >= 4 is 39.4 Å². The van der Waals surface area contributed by atoms with E-state index in [1.54, 1.807) is 34.9 Å². The molecule has 0 aliphatic carbocycles. The summed E-state index contributed by atoms with van der Waals surface area (Å²) in [7, 11) is 0. The first kappa shape index (κ1) is 20.0. The number of hydrogen-bond donors (Lipinski definition) is 0. The van der Waals surface area contributed by atoms with E-state index in [9.17, 15) is 9.59 Å². The number of nitrogens with zero attached hydrogens (tertiary/aromatic N) is 2. The van der Waals surface area contributed by atoms with Crippen molar-refractivity contribution in [3.05, 3.63) is 99.9 Å². The Balaban J connectivity index is 1.37. The van der Waals surface area contributed by atoms with E-state index in [1.807, 2.05) is 48.5 Å². The molecule has 2 heterocycles. The van der Waals surface area contributed by atoms with Gasteiger partial charge in [0.25, 0.3) is 0 Å². The summed E-state index contributed by atoms with van der Waals surface area (Å²) in [5.41, 5.74) is 2.78. The van der Waals surface area contributed by atoms with Crippen LogP contribution in [0, 0.1) is 0 Å². The van der Waals surface area contributed by atoms with Crippen LogP contribution >= 0.6 is 11.6 Å². The summed E-state index contributed by atoms with van der Waals surface area (Å²) in [6.07, 6.45) is 0. The van der Waals surface area contributed by atoms with Gasteiger partial charge in [-0.25, -0.2) is 0 Å². The Morgan fingerprint density at radius 2 is 1.56 bits per heavy atom. The lowest BCUT2D eigenvalue weighted by Gasteiger charge is -2.14. The van der Waals surface area contributed by atoms with Crippen molar-refractivity contribution < 1.29 is 14.1 Å². The number of ether oxygens (including phenoxy) is 1. The van der Waals surface area contributed by atoms with Gasteiger partial charge in [-0.05, 0) is 36.4 Å². The molecule has 3 aromatic carbocycles. The molecular formula is C25H17ClN2O4. The lowest BCUT2D eigenvalue weighted by molar-refractivity contribution is -0.146. The highest BCUT2D eigenvalue weighted by Gasteiger charge is 2.15. The zero-order valence-electron chi connectivity index (χ0n) is 16.8. The Bertz CT molecular complexity index is 1440. The van der Waals surface area contributed by atoms with E-state index in [-0.39, 0.29) is 18.6 Å². The molecule has 5 aromatic rings. The standard InChI is InChI=1S/C25H17ClN2O4/c26-17-11-9-16(10-12-17)21-13-18(32-27-21)15-31-24(29)14-28-22-7-3-1-5-19(22)25(30)20-6-2-4-8-23(20)28/h1-13H,14-15H2. The molecule has 0 N–H and O–H groups in total. The molecule has 0 atom stereocenters. The van der Waals surface area contributed by atoms with Crippen LogP contribution in [0.5, 0.6) is 0 Å². The highest BCUT2D eigenvalue weighted by atomic mass is 35.5. The molecular weight excluding hydrogens is 428 g/mol. The summed E-state index contributed by atoms with van der Waals surface area (Å²) in [5, 5.41) is 5.77. The van der Waals surface area contributed by atoms with Gasteiger partial charge in [0.1, 0.15) is 12.2 Å². The van der Waals surface area contributed by atoms with Gasteiger partial charge >= 0.3 is 5.97 Å². The number of carbonyl (C=O) groups is 1. The maximum Gasteiger partial charge on any atom is 0.326 e. The van der Waals surface area contributed by atoms with Crippen molar-refractivity contribution in [1.82, 2.24) is 9.72 Å². The monoisotopic (exact) mass is 444 g/mol. The molecule has 0 aliphatic heterocycles. The van der Waals surface area contributed by atoms with E-state index in [1.165, 1.54) is 0 Å². The van der Waals surface area contributed by atoms with E-state index in [0.717, 1.165) is 5.56 Å². The Kier molecular flexibility index (Phi) is 5.21. The van der Waals surface area contributed by atoms with Crippen molar-refractivity contribution in [3.8, 4) is 11.3 Å². The molecule has 0 aliphatic rings. The molecule has 0 saturated carbocycles. The first-order valence-corrected chi connectivity index (χ1v) is 10.4. The van der Waals surface area contributed by atoms with Crippen molar-refractivity contribution in [2.45, 2.75) is 13.2 Å². The molecule has 32 heavy (non-hydrogen) atoms. The Hall–Kier alpha value is -3.90. The Morgan fingerprint density at radius 3 is 2.22 bits per heavy atom. The zero-order chi connectivity index (χ0) is 22.1. The van der Waals surface area contributed by atoms with Gasteiger partial charge in [0.05, 0.1) is 11.0 Å². The van der Waals surface area contributed by atoms with Crippen LogP contribution in [0.25, 0.3) is 33.1 Å². The topological polar surface area (TPSA) is 74.3 Å². The lowest BCUT2D eigenvalue weighted by Crippen LogP contribution is -2.18. The summed E-state index contributed by atoms with van der Waals surface area (Å²) in [4.78, 5) is 25.5. The fraction of sp³-hybridized carbons (Fsp3) is 0.0800. The van der Waals surface area contributed by atoms with Gasteiger partial charge in [0.15, 0.2) is 17.8 Å². The van der Waals surface area contributed by atoms with Crippen molar-refractivity contribution in [1.29, 1.82) is 0 Å². The minimum Gasteiger partial charge on any atom is -0.456 e. The average molecular weight is 445 g/mol. The molecule has 158 valence electrons. The van der Waals surface area contributed by atoms with Crippen LogP contribution in [-0.4, -0.2) is 15.7 Å². The van der Waals surface area contributed by atoms with Crippen molar-refractivity contribution in [2.75, 3.05) is 0 Å². The van der Waals surface area contributed by atoms with Crippen LogP contribution in [0.1, 0.15) is 5.76 Å². The molecule has 0 bridgehead atoms. The quantitative estimate of drug-likeness (QED) is 0.275. The largest absolute Gasteiger partial charge is 0.456 e. The molecule has 0 saturated heterocycles. The molecule has 7 heteroatoms. The van der Waals surface area contributed by atoms with E-state index >= 15 is 0 Å². The van der Waals surface area contributed by atoms with Gasteiger partial charge < -0.3 is 13.8 Å². The number of aromatic nitrogens is 2. The van der Waals surface area contributed by atoms with E-state index in [4.69, 9.17) is 20.9 Å². The SMILES string of the molecule is O=C(Cn1c2ccccc2c(=O)c2ccccc21)OCc1cc(-c2ccc(Cl)cc2)no1. The van der Waals surface area contributed by atoms with E-state index in [2.05, 4.69) is 5.16 Å². The van der Waals surface area contributed by atoms with Crippen LogP contribution < -0.4 is 5.43 Å². The van der Waals surface area contributed by atoms with Crippen LogP contribution in [0.4, 0.5) is 0 Å². The summed E-state index contributed by atoms with van der Waals surface area (Å²) in [5.74, 6) is -0.0219. The van der Waals surface area contributed by atoms with Crippen LogP contribution in [0.15, 0.2) is 88.2 Å². The average Bonchev–Trinajstić information content (AvgIpc) is 3.30. The van der Waals surface area contributed by atoms with Gasteiger partial charge in [-0.1, -0.05) is 53.2 Å². The second kappa shape index (κ2) is 8.32. The lowest BCUT2D eigenvalue weighted by atomic mass is 10.1. The number of halogens is 1. The van der Waals surface area contributed by atoms with Crippen LogP contribution in [-0.2, 0) is 22.7 Å². The number of benzene rings is 3. The van der Waals surface area contributed by atoms with Crippen molar-refractivity contribution in [2.24, 2.45) is 0 Å². The predicted molar refractivity (Wildman–Crippen MR) is 122 cm³/mol. The summed E-state index contributed by atoms with van der Waals surface area (Å²) in [6, 6.07) is 23.4. The highest BCUT2D eigenvalue weighted by molar-refractivity contribution is 6.30. The number of hydrogen-bond acceptors (Lipinski definition) is 5. The number of esters is 1. The number of carbonyl (C=O) groups excluding carboxylic acids is 1. The predicted octanol–water partition coefficient (Wildman–Crippen LogP) is 5.21. The summed E-state index contributed by atoms with van der Waals surface area (Å²) >= 11 is 5.92. The number of pyridine rings is 1. The van der Waals surface area contributed by atoms with E-state index in [0.29, 0.717) is 38.3 Å². The number of rotatable bonds is 5. The fourth-order valence-electron chi connectivity index (χ4n) is 3.71. The van der Waals surface area contributed by atoms with Crippen LogP contribution in [0.3, 0.4) is 0 Å². The van der Waals surface area contributed by atoms with Gasteiger partial charge in [-0.2, -0.15) is 0 Å². The number of para-hydroxylation sites is 2. The summed E-state index contributed by atoms with van der Waals surface area (Å²) < 4.78 is 12.5. The number of fused-ring (bicyclic) bond motifs is 2. The normalized spacial score (nSPS) is 11.2. The fourth-order valence-corrected chi connectivity index (χ4v) is 3.84. The maximum atomic E-state index is 12.8. The summed E-state index contributed by atoms with van der Waals surface area (Å²) in [6.45, 7) is -0.0883. The highest BCUT2D eigenvalue weighted by Crippen LogP contribution is 2.22. The molecule has 0 radical (unpaired) electrons. The molecule has 0 spiro atoms. The minimum absolute atomic E-state index is 0.0422. The van der Waals surface area contributed by atoms with Crippen molar-refractivity contribution in [3.63, 3.8) is 0 Å². The van der Waals surface area contributed by atoms with E-state index < -0.39 is 5.97 Å². The molecule has 0 amide bonds. The molecule has 6 nitrogen and oxygen atoms in total. The minimum atomic E-state index is -0.451. The Labute approximate surface area is 187 Å². The third-order valence-corrected chi connectivity index (χ3v) is 5.49. The maximum absolute atomic E-state index is 12.8. The Morgan fingerprint density at radius 1 is 0.938 bits per heavy atom. The smallest absolute Gasteiger partial charge is 0.326 e. The molecule has 0 unspecified atom stereocenters. The van der Waals surface area contributed by atoms with Crippen LogP contribution in [0.2, 0.25) is 5.02 Å². The molecule has 5 rings (SSSR count). The second-order valence-electron chi connectivity index (χ2n) is 7.30. The van der Waals surface area contributed by atoms with Gasteiger partial charge in [-0.15, -0.1) is 0 Å². The third kappa shape index (κ3) is 3.76. The second-order valence-corrected chi connectivity index (χ2v) is 7.73. The van der Waals surface area contributed by atoms with Gasteiger partial charge in [0.2, 0.25) is 0 Å². The first-order valence-electron chi connectivity index (χ1n) is 9.97. The molecule has 0 fully saturated rings.